The largest absolute Gasteiger partial charge is 0.378 e. The lowest BCUT2D eigenvalue weighted by molar-refractivity contribution is 0.122. The van der Waals surface area contributed by atoms with Gasteiger partial charge in [0.15, 0.2) is 5.82 Å². The SMILES string of the molecule is NCc1nc(N2CCOCC2)ncc1F. The molecule has 2 N–H and O–H groups in total. The van der Waals surface area contributed by atoms with Crippen LogP contribution in [0.5, 0.6) is 0 Å². The van der Waals surface area contributed by atoms with E-state index in [1.54, 1.807) is 0 Å². The summed E-state index contributed by atoms with van der Waals surface area (Å²) in [4.78, 5) is 9.97. The van der Waals surface area contributed by atoms with Crippen molar-refractivity contribution in [2.75, 3.05) is 31.2 Å². The minimum absolute atomic E-state index is 0.0890. The lowest BCUT2D eigenvalue weighted by Gasteiger charge is -2.26. The summed E-state index contributed by atoms with van der Waals surface area (Å²) in [6.45, 7) is 2.86. The third kappa shape index (κ3) is 2.21. The fourth-order valence-electron chi connectivity index (χ4n) is 1.45. The van der Waals surface area contributed by atoms with Gasteiger partial charge in [-0.1, -0.05) is 0 Å². The van der Waals surface area contributed by atoms with Gasteiger partial charge in [0.05, 0.1) is 25.1 Å². The Kier molecular flexibility index (Phi) is 3.08. The zero-order valence-corrected chi connectivity index (χ0v) is 8.32. The molecule has 82 valence electrons. The average molecular weight is 212 g/mol. The fraction of sp³-hybridized carbons (Fsp3) is 0.556. The molecule has 0 saturated carbocycles. The highest BCUT2D eigenvalue weighted by molar-refractivity contribution is 5.31. The van der Waals surface area contributed by atoms with E-state index in [0.29, 0.717) is 19.2 Å². The molecule has 0 spiro atoms. The summed E-state index contributed by atoms with van der Waals surface area (Å²) < 4.78 is 18.3. The van der Waals surface area contributed by atoms with Crippen LogP contribution in [-0.2, 0) is 11.3 Å². The summed E-state index contributed by atoms with van der Waals surface area (Å²) in [7, 11) is 0. The van der Waals surface area contributed by atoms with E-state index in [9.17, 15) is 4.39 Å². The Morgan fingerprint density at radius 3 is 2.87 bits per heavy atom. The summed E-state index contributed by atoms with van der Waals surface area (Å²) in [5.74, 6) is 0.0784. The number of hydrogen-bond donors (Lipinski definition) is 1. The zero-order valence-electron chi connectivity index (χ0n) is 8.32. The first kappa shape index (κ1) is 10.3. The summed E-state index contributed by atoms with van der Waals surface area (Å²) in [5.41, 5.74) is 5.63. The van der Waals surface area contributed by atoms with Crippen LogP contribution >= 0.6 is 0 Å². The van der Waals surface area contributed by atoms with Gasteiger partial charge in [0.25, 0.3) is 0 Å². The number of rotatable bonds is 2. The molecule has 0 unspecified atom stereocenters. The number of nitrogens with zero attached hydrogens (tertiary/aromatic N) is 3. The van der Waals surface area contributed by atoms with Crippen molar-refractivity contribution in [3.8, 4) is 0 Å². The third-order valence-corrected chi connectivity index (χ3v) is 2.29. The minimum Gasteiger partial charge on any atom is -0.378 e. The number of hydrogen-bond acceptors (Lipinski definition) is 5. The first-order valence-corrected chi connectivity index (χ1v) is 4.85. The molecule has 0 amide bonds. The molecule has 0 bridgehead atoms. The maximum absolute atomic E-state index is 13.1. The molecule has 1 saturated heterocycles. The monoisotopic (exact) mass is 212 g/mol. The number of morpholine rings is 1. The summed E-state index contributed by atoms with van der Waals surface area (Å²) >= 11 is 0. The topological polar surface area (TPSA) is 64.3 Å². The van der Waals surface area contributed by atoms with Crippen molar-refractivity contribution in [2.24, 2.45) is 5.73 Å². The van der Waals surface area contributed by atoms with Crippen LogP contribution in [0.2, 0.25) is 0 Å². The highest BCUT2D eigenvalue weighted by Crippen LogP contribution is 2.11. The van der Waals surface area contributed by atoms with Crippen LogP contribution in [0.15, 0.2) is 6.20 Å². The van der Waals surface area contributed by atoms with Crippen LogP contribution in [0.3, 0.4) is 0 Å². The van der Waals surface area contributed by atoms with Crippen molar-refractivity contribution in [1.29, 1.82) is 0 Å². The molecule has 1 aromatic rings. The van der Waals surface area contributed by atoms with Gasteiger partial charge < -0.3 is 15.4 Å². The Morgan fingerprint density at radius 2 is 2.20 bits per heavy atom. The van der Waals surface area contributed by atoms with Gasteiger partial charge in [-0.2, -0.15) is 0 Å². The first-order chi connectivity index (χ1) is 7.31. The molecule has 0 radical (unpaired) electrons. The number of ether oxygens (including phenoxy) is 1. The summed E-state index contributed by atoms with van der Waals surface area (Å²) in [6, 6.07) is 0. The van der Waals surface area contributed by atoms with E-state index in [0.717, 1.165) is 13.1 Å². The van der Waals surface area contributed by atoms with E-state index in [1.807, 2.05) is 4.90 Å². The molecular weight excluding hydrogens is 199 g/mol. The molecule has 0 aromatic carbocycles. The smallest absolute Gasteiger partial charge is 0.225 e. The second-order valence-corrected chi connectivity index (χ2v) is 3.27. The van der Waals surface area contributed by atoms with E-state index in [2.05, 4.69) is 9.97 Å². The van der Waals surface area contributed by atoms with E-state index < -0.39 is 5.82 Å². The first-order valence-electron chi connectivity index (χ1n) is 4.85. The predicted octanol–water partition coefficient (Wildman–Crippen LogP) is -0.0890. The maximum Gasteiger partial charge on any atom is 0.225 e. The van der Waals surface area contributed by atoms with Gasteiger partial charge in [-0.25, -0.2) is 14.4 Å². The van der Waals surface area contributed by atoms with Crippen molar-refractivity contribution < 1.29 is 9.13 Å². The van der Waals surface area contributed by atoms with Gasteiger partial charge in [0, 0.05) is 19.6 Å². The summed E-state index contributed by atoms with van der Waals surface area (Å²) in [5, 5.41) is 0. The Hall–Kier alpha value is -1.27. The minimum atomic E-state index is -0.450. The molecule has 6 heteroatoms. The third-order valence-electron chi connectivity index (χ3n) is 2.29. The Morgan fingerprint density at radius 1 is 1.47 bits per heavy atom. The van der Waals surface area contributed by atoms with Crippen LogP contribution in [0.4, 0.5) is 10.3 Å². The standard InChI is InChI=1S/C9H13FN4O/c10-7-6-12-9(13-8(7)5-11)14-1-3-15-4-2-14/h6H,1-5,11H2. The highest BCUT2D eigenvalue weighted by atomic mass is 19.1. The molecule has 0 atom stereocenters. The van der Waals surface area contributed by atoms with Gasteiger partial charge in [0.2, 0.25) is 5.95 Å². The van der Waals surface area contributed by atoms with Crippen LogP contribution in [0, 0.1) is 5.82 Å². The summed E-state index contributed by atoms with van der Waals surface area (Å²) in [6.07, 6.45) is 1.17. The van der Waals surface area contributed by atoms with Gasteiger partial charge in [-0.15, -0.1) is 0 Å². The molecule has 0 aliphatic carbocycles. The van der Waals surface area contributed by atoms with Crippen LogP contribution in [0.25, 0.3) is 0 Å². The Bertz CT molecular complexity index is 341. The van der Waals surface area contributed by atoms with Crippen molar-refractivity contribution in [2.45, 2.75) is 6.54 Å². The van der Waals surface area contributed by atoms with Gasteiger partial charge in [-0.3, -0.25) is 0 Å². The molecule has 1 aromatic heterocycles. The molecule has 5 nitrogen and oxygen atoms in total. The van der Waals surface area contributed by atoms with E-state index >= 15 is 0 Å². The zero-order chi connectivity index (χ0) is 10.7. The van der Waals surface area contributed by atoms with Crippen LogP contribution < -0.4 is 10.6 Å². The predicted molar refractivity (Wildman–Crippen MR) is 52.9 cm³/mol. The van der Waals surface area contributed by atoms with Gasteiger partial charge >= 0.3 is 0 Å². The average Bonchev–Trinajstić information content (AvgIpc) is 2.31. The number of halogens is 1. The number of nitrogens with two attached hydrogens (primary N) is 1. The van der Waals surface area contributed by atoms with Crippen molar-refractivity contribution in [3.05, 3.63) is 17.7 Å². The molecule has 1 aliphatic rings. The van der Waals surface area contributed by atoms with E-state index in [4.69, 9.17) is 10.5 Å². The quantitative estimate of drug-likeness (QED) is 0.742. The lowest BCUT2D eigenvalue weighted by Crippen LogP contribution is -2.37. The lowest BCUT2D eigenvalue weighted by atomic mass is 10.4. The van der Waals surface area contributed by atoms with Crippen molar-refractivity contribution >= 4 is 5.95 Å². The molecule has 1 aliphatic heterocycles. The van der Waals surface area contributed by atoms with Crippen molar-refractivity contribution in [3.63, 3.8) is 0 Å². The van der Waals surface area contributed by atoms with Crippen LogP contribution in [0.1, 0.15) is 5.69 Å². The Balaban J connectivity index is 2.20. The van der Waals surface area contributed by atoms with E-state index in [1.165, 1.54) is 6.20 Å². The fourth-order valence-corrected chi connectivity index (χ4v) is 1.45. The molecule has 1 fully saturated rings. The molecule has 2 rings (SSSR count). The second-order valence-electron chi connectivity index (χ2n) is 3.27. The molecule has 2 heterocycles. The molecule has 15 heavy (non-hydrogen) atoms. The number of anilines is 1. The van der Waals surface area contributed by atoms with E-state index in [-0.39, 0.29) is 12.2 Å². The van der Waals surface area contributed by atoms with Crippen LogP contribution in [-0.4, -0.2) is 36.3 Å². The maximum atomic E-state index is 13.1. The van der Waals surface area contributed by atoms with Gasteiger partial charge in [-0.05, 0) is 0 Å². The normalized spacial score (nSPS) is 16.8. The Labute approximate surface area is 87.1 Å². The van der Waals surface area contributed by atoms with Crippen molar-refractivity contribution in [1.82, 2.24) is 9.97 Å². The number of aromatic nitrogens is 2. The second kappa shape index (κ2) is 4.50. The van der Waals surface area contributed by atoms with Gasteiger partial charge in [0.1, 0.15) is 0 Å². The molecular formula is C9H13FN4O. The highest BCUT2D eigenvalue weighted by Gasteiger charge is 2.15.